The van der Waals surface area contributed by atoms with E-state index in [-0.39, 0.29) is 12.5 Å². The van der Waals surface area contributed by atoms with Gasteiger partial charge in [-0.25, -0.2) is 0 Å². The van der Waals surface area contributed by atoms with Crippen LogP contribution in [-0.4, -0.2) is 35.2 Å². The Morgan fingerprint density at radius 1 is 1.47 bits per heavy atom. The van der Waals surface area contributed by atoms with Crippen molar-refractivity contribution in [2.45, 2.75) is 38.6 Å². The lowest BCUT2D eigenvalue weighted by atomic mass is 9.84. The fourth-order valence-corrected chi connectivity index (χ4v) is 4.08. The Morgan fingerprint density at radius 3 is 2.88 bits per heavy atom. The second kappa shape index (κ2) is 6.10. The standard InChI is InChI=1S/C13H23NO2S/c1-9(14-13(16)8-17-5-4-15)12-7-10-2-3-11(12)6-10/h9-12,15H,2-8H2,1H3,(H,14,16). The molecule has 2 saturated carbocycles. The van der Waals surface area contributed by atoms with Gasteiger partial charge >= 0.3 is 0 Å². The van der Waals surface area contributed by atoms with E-state index in [1.165, 1.54) is 37.4 Å². The molecule has 0 aromatic heterocycles. The number of hydrogen-bond donors (Lipinski definition) is 2. The number of thioether (sulfide) groups is 1. The van der Waals surface area contributed by atoms with Crippen LogP contribution in [0.15, 0.2) is 0 Å². The highest BCUT2D eigenvalue weighted by Gasteiger charge is 2.41. The van der Waals surface area contributed by atoms with Gasteiger partial charge in [0.25, 0.3) is 0 Å². The minimum absolute atomic E-state index is 0.124. The van der Waals surface area contributed by atoms with Gasteiger partial charge in [0, 0.05) is 11.8 Å². The van der Waals surface area contributed by atoms with Gasteiger partial charge in [0.1, 0.15) is 0 Å². The molecule has 1 amide bonds. The average molecular weight is 257 g/mol. The number of carbonyl (C=O) groups is 1. The largest absolute Gasteiger partial charge is 0.396 e. The maximum atomic E-state index is 11.7. The van der Waals surface area contributed by atoms with Crippen molar-refractivity contribution in [2.24, 2.45) is 17.8 Å². The molecule has 0 heterocycles. The summed E-state index contributed by atoms with van der Waals surface area (Å²) >= 11 is 1.50. The van der Waals surface area contributed by atoms with Crippen LogP contribution in [0.3, 0.4) is 0 Å². The SMILES string of the molecule is CC(NC(=O)CSCCO)C1CC2CCC1C2. The van der Waals surface area contributed by atoms with Crippen molar-refractivity contribution in [2.75, 3.05) is 18.1 Å². The molecule has 17 heavy (non-hydrogen) atoms. The molecule has 0 radical (unpaired) electrons. The van der Waals surface area contributed by atoms with Crippen LogP contribution in [0.2, 0.25) is 0 Å². The van der Waals surface area contributed by atoms with Crippen LogP contribution >= 0.6 is 11.8 Å². The van der Waals surface area contributed by atoms with E-state index in [9.17, 15) is 4.79 Å². The van der Waals surface area contributed by atoms with E-state index in [0.29, 0.717) is 23.5 Å². The van der Waals surface area contributed by atoms with Crippen LogP contribution in [0.5, 0.6) is 0 Å². The molecule has 2 fully saturated rings. The molecule has 2 aliphatic carbocycles. The highest BCUT2D eigenvalue weighted by Crippen LogP contribution is 2.49. The molecule has 4 heteroatoms. The number of aliphatic hydroxyl groups excluding tert-OH is 1. The minimum Gasteiger partial charge on any atom is -0.396 e. The van der Waals surface area contributed by atoms with Gasteiger partial charge in [-0.05, 0) is 43.9 Å². The zero-order valence-electron chi connectivity index (χ0n) is 10.5. The summed E-state index contributed by atoms with van der Waals surface area (Å²) in [4.78, 5) is 11.7. The quantitative estimate of drug-likeness (QED) is 0.711. The summed E-state index contributed by atoms with van der Waals surface area (Å²) in [7, 11) is 0. The number of amides is 1. The van der Waals surface area contributed by atoms with Gasteiger partial charge in [0.2, 0.25) is 5.91 Å². The van der Waals surface area contributed by atoms with E-state index in [4.69, 9.17) is 5.11 Å². The molecule has 4 unspecified atom stereocenters. The number of fused-ring (bicyclic) bond motifs is 2. The topological polar surface area (TPSA) is 49.3 Å². The van der Waals surface area contributed by atoms with E-state index in [1.807, 2.05) is 0 Å². The van der Waals surface area contributed by atoms with Crippen molar-refractivity contribution in [3.8, 4) is 0 Å². The molecular formula is C13H23NO2S. The molecule has 0 saturated heterocycles. The lowest BCUT2D eigenvalue weighted by molar-refractivity contribution is -0.119. The molecule has 2 aliphatic rings. The van der Waals surface area contributed by atoms with Crippen molar-refractivity contribution >= 4 is 17.7 Å². The second-order valence-corrected chi connectivity index (χ2v) is 6.58. The van der Waals surface area contributed by atoms with Crippen LogP contribution < -0.4 is 5.32 Å². The number of nitrogens with one attached hydrogen (secondary N) is 1. The molecule has 0 aliphatic heterocycles. The Balaban J connectivity index is 1.70. The summed E-state index contributed by atoms with van der Waals surface area (Å²) in [6.45, 7) is 2.31. The van der Waals surface area contributed by atoms with Crippen molar-refractivity contribution in [1.29, 1.82) is 0 Å². The normalized spacial score (nSPS) is 32.7. The number of aliphatic hydroxyl groups is 1. The van der Waals surface area contributed by atoms with E-state index in [0.717, 1.165) is 11.8 Å². The third-order valence-electron chi connectivity index (χ3n) is 4.29. The molecule has 3 nitrogen and oxygen atoms in total. The highest BCUT2D eigenvalue weighted by molar-refractivity contribution is 7.99. The summed E-state index contributed by atoms with van der Waals surface area (Å²) in [6.07, 6.45) is 5.49. The fourth-order valence-electron chi connectivity index (χ4n) is 3.54. The van der Waals surface area contributed by atoms with E-state index >= 15 is 0 Å². The maximum Gasteiger partial charge on any atom is 0.230 e. The summed E-state index contributed by atoms with van der Waals surface area (Å²) < 4.78 is 0. The first-order valence-electron chi connectivity index (χ1n) is 6.68. The van der Waals surface area contributed by atoms with Gasteiger partial charge in [-0.15, -0.1) is 11.8 Å². The van der Waals surface area contributed by atoms with Gasteiger partial charge in [-0.3, -0.25) is 4.79 Å². The summed E-state index contributed by atoms with van der Waals surface area (Å²) in [5.41, 5.74) is 0. The number of carbonyl (C=O) groups excluding carboxylic acids is 1. The molecule has 0 spiro atoms. The summed E-state index contributed by atoms with van der Waals surface area (Å²) in [6, 6.07) is 0.326. The number of rotatable bonds is 6. The maximum absolute atomic E-state index is 11.7. The lowest BCUT2D eigenvalue weighted by Gasteiger charge is -2.28. The predicted octanol–water partition coefficient (Wildman–Crippen LogP) is 1.65. The zero-order chi connectivity index (χ0) is 12.3. The fraction of sp³-hybridized carbons (Fsp3) is 0.923. The van der Waals surface area contributed by atoms with Crippen LogP contribution in [0, 0.1) is 17.8 Å². The van der Waals surface area contributed by atoms with Crippen LogP contribution in [0.25, 0.3) is 0 Å². The predicted molar refractivity (Wildman–Crippen MR) is 71.0 cm³/mol. The Morgan fingerprint density at radius 2 is 2.29 bits per heavy atom. The highest BCUT2D eigenvalue weighted by atomic mass is 32.2. The van der Waals surface area contributed by atoms with Crippen molar-refractivity contribution in [3.63, 3.8) is 0 Å². The van der Waals surface area contributed by atoms with Crippen LogP contribution in [0.4, 0.5) is 0 Å². The zero-order valence-corrected chi connectivity index (χ0v) is 11.3. The summed E-state index contributed by atoms with van der Waals surface area (Å²) in [5, 5.41) is 11.8. The first-order chi connectivity index (χ1) is 8.20. The first kappa shape index (κ1) is 13.2. The van der Waals surface area contributed by atoms with E-state index < -0.39 is 0 Å². The monoisotopic (exact) mass is 257 g/mol. The molecule has 2 N–H and O–H groups in total. The molecule has 0 aromatic rings. The second-order valence-electron chi connectivity index (χ2n) is 5.47. The van der Waals surface area contributed by atoms with Gasteiger partial charge < -0.3 is 10.4 Å². The van der Waals surface area contributed by atoms with Crippen LogP contribution in [0.1, 0.15) is 32.6 Å². The van der Waals surface area contributed by atoms with Crippen LogP contribution in [-0.2, 0) is 4.79 Å². The van der Waals surface area contributed by atoms with Crippen molar-refractivity contribution in [3.05, 3.63) is 0 Å². The molecule has 98 valence electrons. The van der Waals surface area contributed by atoms with Gasteiger partial charge in [0.05, 0.1) is 12.4 Å². The molecule has 0 aromatic carbocycles. The lowest BCUT2D eigenvalue weighted by Crippen LogP contribution is -2.41. The van der Waals surface area contributed by atoms with Gasteiger partial charge in [-0.1, -0.05) is 6.42 Å². The average Bonchev–Trinajstić information content (AvgIpc) is 2.91. The third kappa shape index (κ3) is 3.38. The Kier molecular flexibility index (Phi) is 4.74. The smallest absolute Gasteiger partial charge is 0.230 e. The third-order valence-corrected chi connectivity index (χ3v) is 5.23. The van der Waals surface area contributed by atoms with E-state index in [2.05, 4.69) is 12.2 Å². The Labute approximate surface area is 108 Å². The molecule has 2 rings (SSSR count). The number of hydrogen-bond acceptors (Lipinski definition) is 3. The first-order valence-corrected chi connectivity index (χ1v) is 7.84. The Bertz CT molecular complexity index is 272. The Hall–Kier alpha value is -0.220. The molecule has 4 atom stereocenters. The summed E-state index contributed by atoms with van der Waals surface area (Å²) in [5.74, 6) is 3.76. The molecule has 2 bridgehead atoms. The molecular weight excluding hydrogens is 234 g/mol. The van der Waals surface area contributed by atoms with Crippen molar-refractivity contribution < 1.29 is 9.90 Å². The minimum atomic E-state index is 0.124. The van der Waals surface area contributed by atoms with Gasteiger partial charge in [-0.2, -0.15) is 0 Å². The van der Waals surface area contributed by atoms with E-state index in [1.54, 1.807) is 0 Å². The van der Waals surface area contributed by atoms with Crippen molar-refractivity contribution in [1.82, 2.24) is 5.32 Å². The van der Waals surface area contributed by atoms with Gasteiger partial charge in [0.15, 0.2) is 0 Å².